The fraction of sp³-hybridized carbons (Fsp3) is 0.467. The minimum absolute atomic E-state index is 0.660. The highest BCUT2D eigenvalue weighted by atomic mass is 32.1. The first-order valence-corrected chi connectivity index (χ1v) is 7.90. The summed E-state index contributed by atoms with van der Waals surface area (Å²) in [6, 6.07) is 2.06. The van der Waals surface area contributed by atoms with E-state index in [9.17, 15) is 0 Å². The largest absolute Gasteiger partial charge is 0.300 e. The molecule has 3 aromatic heterocycles. The number of hydrogen-bond donors (Lipinski definition) is 1. The van der Waals surface area contributed by atoms with Crippen LogP contribution in [0.3, 0.4) is 0 Å². The van der Waals surface area contributed by atoms with Crippen molar-refractivity contribution in [3.05, 3.63) is 22.2 Å². The molecule has 1 N–H and O–H groups in total. The molecule has 7 heteroatoms. The third kappa shape index (κ3) is 2.35. The van der Waals surface area contributed by atoms with Crippen molar-refractivity contribution in [3.63, 3.8) is 0 Å². The van der Waals surface area contributed by atoms with Gasteiger partial charge in [0.2, 0.25) is 0 Å². The van der Waals surface area contributed by atoms with Crippen LogP contribution < -0.4 is 0 Å². The SMILES string of the molecule is CCCCn1c(-c2cc(C)nc3c2c(C)nn3C)n[nH]c1=S. The number of aromatic amines is 1. The van der Waals surface area contributed by atoms with E-state index in [1.165, 1.54) is 0 Å². The maximum atomic E-state index is 5.39. The Morgan fingerprint density at radius 1 is 1.32 bits per heavy atom. The molecular weight excluding hydrogens is 296 g/mol. The molecule has 6 nitrogen and oxygen atoms in total. The summed E-state index contributed by atoms with van der Waals surface area (Å²) in [5, 5.41) is 12.9. The lowest BCUT2D eigenvalue weighted by molar-refractivity contribution is 0.629. The standard InChI is InChI=1S/C15H20N6S/c1-5-6-7-21-13(17-18-15(21)22)11-8-9(2)16-14-12(11)10(3)19-20(14)4/h8H,5-7H2,1-4H3,(H,18,22). The smallest absolute Gasteiger partial charge is 0.195 e. The summed E-state index contributed by atoms with van der Waals surface area (Å²) >= 11 is 5.39. The van der Waals surface area contributed by atoms with Crippen molar-refractivity contribution in [1.29, 1.82) is 0 Å². The second kappa shape index (κ2) is 5.64. The summed E-state index contributed by atoms with van der Waals surface area (Å²) < 4.78 is 4.55. The number of hydrogen-bond acceptors (Lipinski definition) is 4. The van der Waals surface area contributed by atoms with Gasteiger partial charge < -0.3 is 4.57 Å². The van der Waals surface area contributed by atoms with Gasteiger partial charge in [-0.3, -0.25) is 9.78 Å². The van der Waals surface area contributed by atoms with Gasteiger partial charge in [-0.2, -0.15) is 10.2 Å². The highest BCUT2D eigenvalue weighted by Gasteiger charge is 2.18. The summed E-state index contributed by atoms with van der Waals surface area (Å²) in [6.07, 6.45) is 2.18. The molecule has 0 aromatic carbocycles. The molecule has 3 aromatic rings. The van der Waals surface area contributed by atoms with E-state index in [1.807, 2.05) is 25.6 Å². The zero-order chi connectivity index (χ0) is 15.9. The Labute approximate surface area is 134 Å². The normalized spacial score (nSPS) is 11.5. The van der Waals surface area contributed by atoms with Gasteiger partial charge in [-0.1, -0.05) is 13.3 Å². The van der Waals surface area contributed by atoms with Gasteiger partial charge in [0.05, 0.1) is 11.1 Å². The van der Waals surface area contributed by atoms with E-state index in [4.69, 9.17) is 12.2 Å². The molecule has 116 valence electrons. The number of unbranched alkanes of at least 4 members (excludes halogenated alkanes) is 1. The lowest BCUT2D eigenvalue weighted by Gasteiger charge is -2.08. The molecular formula is C15H20N6S. The van der Waals surface area contributed by atoms with Crippen LogP contribution in [0, 0.1) is 18.6 Å². The van der Waals surface area contributed by atoms with Crippen molar-refractivity contribution in [2.75, 3.05) is 0 Å². The maximum absolute atomic E-state index is 5.39. The Morgan fingerprint density at radius 3 is 2.82 bits per heavy atom. The van der Waals surface area contributed by atoms with Gasteiger partial charge in [0.25, 0.3) is 0 Å². The zero-order valence-electron chi connectivity index (χ0n) is 13.3. The van der Waals surface area contributed by atoms with Crippen molar-refractivity contribution in [2.24, 2.45) is 7.05 Å². The van der Waals surface area contributed by atoms with Gasteiger partial charge in [0.15, 0.2) is 16.2 Å². The van der Waals surface area contributed by atoms with Gasteiger partial charge in [0.1, 0.15) is 0 Å². The van der Waals surface area contributed by atoms with Crippen LogP contribution in [-0.4, -0.2) is 29.5 Å². The first-order valence-electron chi connectivity index (χ1n) is 7.49. The van der Waals surface area contributed by atoms with Crippen molar-refractivity contribution in [2.45, 2.75) is 40.2 Å². The second-order valence-corrected chi connectivity index (χ2v) is 5.96. The fourth-order valence-corrected chi connectivity index (χ4v) is 3.02. The predicted octanol–water partition coefficient (Wildman–Crippen LogP) is 3.31. The summed E-state index contributed by atoms with van der Waals surface area (Å²) in [7, 11) is 1.92. The van der Waals surface area contributed by atoms with Crippen LogP contribution in [-0.2, 0) is 13.6 Å². The number of pyridine rings is 1. The zero-order valence-corrected chi connectivity index (χ0v) is 14.2. The molecule has 0 unspecified atom stereocenters. The maximum Gasteiger partial charge on any atom is 0.195 e. The second-order valence-electron chi connectivity index (χ2n) is 5.58. The van der Waals surface area contributed by atoms with Crippen molar-refractivity contribution >= 4 is 23.3 Å². The van der Waals surface area contributed by atoms with Crippen molar-refractivity contribution < 1.29 is 0 Å². The average molecular weight is 316 g/mol. The molecule has 0 bridgehead atoms. The van der Waals surface area contributed by atoms with Gasteiger partial charge in [-0.15, -0.1) is 0 Å². The summed E-state index contributed by atoms with van der Waals surface area (Å²) in [4.78, 5) is 4.61. The van der Waals surface area contributed by atoms with Gasteiger partial charge >= 0.3 is 0 Å². The van der Waals surface area contributed by atoms with Crippen LogP contribution in [0.15, 0.2) is 6.07 Å². The lowest BCUT2D eigenvalue weighted by atomic mass is 10.1. The van der Waals surface area contributed by atoms with E-state index in [0.29, 0.717) is 4.77 Å². The number of nitrogens with zero attached hydrogens (tertiary/aromatic N) is 5. The van der Waals surface area contributed by atoms with E-state index in [2.05, 4.69) is 37.8 Å². The molecule has 0 aliphatic carbocycles. The summed E-state index contributed by atoms with van der Waals surface area (Å²) in [6.45, 7) is 7.02. The number of fused-ring (bicyclic) bond motifs is 1. The van der Waals surface area contributed by atoms with Crippen LogP contribution in [0.1, 0.15) is 31.2 Å². The molecule has 0 saturated heterocycles. The third-order valence-electron chi connectivity index (χ3n) is 3.83. The van der Waals surface area contributed by atoms with E-state index in [0.717, 1.165) is 53.2 Å². The minimum atomic E-state index is 0.660. The summed E-state index contributed by atoms with van der Waals surface area (Å²) in [5.41, 5.74) is 3.82. The molecule has 0 amide bonds. The van der Waals surface area contributed by atoms with Crippen molar-refractivity contribution in [3.8, 4) is 11.4 Å². The molecule has 0 aliphatic heterocycles. The number of rotatable bonds is 4. The van der Waals surface area contributed by atoms with Gasteiger partial charge in [0, 0.05) is 24.8 Å². The number of nitrogens with one attached hydrogen (secondary N) is 1. The highest BCUT2D eigenvalue weighted by molar-refractivity contribution is 7.71. The van der Waals surface area contributed by atoms with E-state index < -0.39 is 0 Å². The Hall–Kier alpha value is -2.02. The highest BCUT2D eigenvalue weighted by Crippen LogP contribution is 2.29. The molecule has 0 aliphatic rings. The van der Waals surface area contributed by atoms with Crippen LogP contribution in [0.25, 0.3) is 22.4 Å². The minimum Gasteiger partial charge on any atom is -0.300 e. The molecule has 3 rings (SSSR count). The van der Waals surface area contributed by atoms with Crippen LogP contribution in [0.2, 0.25) is 0 Å². The third-order valence-corrected chi connectivity index (χ3v) is 4.14. The average Bonchev–Trinajstić information content (AvgIpc) is 2.97. The van der Waals surface area contributed by atoms with Gasteiger partial charge in [-0.05, 0) is 38.6 Å². The van der Waals surface area contributed by atoms with E-state index in [-0.39, 0.29) is 0 Å². The number of H-pyrrole nitrogens is 1. The Morgan fingerprint density at radius 2 is 2.09 bits per heavy atom. The molecule has 0 atom stereocenters. The predicted molar refractivity (Wildman–Crippen MR) is 89.3 cm³/mol. The van der Waals surface area contributed by atoms with E-state index in [1.54, 1.807) is 0 Å². The van der Waals surface area contributed by atoms with Crippen molar-refractivity contribution in [1.82, 2.24) is 29.5 Å². The monoisotopic (exact) mass is 316 g/mol. The summed E-state index contributed by atoms with van der Waals surface area (Å²) in [5.74, 6) is 0.866. The number of aromatic nitrogens is 6. The van der Waals surface area contributed by atoms with E-state index >= 15 is 0 Å². The molecule has 0 spiro atoms. The quantitative estimate of drug-likeness (QED) is 0.750. The molecule has 22 heavy (non-hydrogen) atoms. The fourth-order valence-electron chi connectivity index (χ4n) is 2.79. The Balaban J connectivity index is 2.29. The first kappa shape index (κ1) is 14.9. The molecule has 0 fully saturated rings. The Kier molecular flexibility index (Phi) is 3.82. The van der Waals surface area contributed by atoms with Gasteiger partial charge in [-0.25, -0.2) is 4.98 Å². The van der Waals surface area contributed by atoms with Crippen LogP contribution in [0.5, 0.6) is 0 Å². The molecule has 0 saturated carbocycles. The Bertz CT molecular complexity index is 885. The molecule has 3 heterocycles. The first-order chi connectivity index (χ1) is 10.5. The topological polar surface area (TPSA) is 64.3 Å². The van der Waals surface area contributed by atoms with Crippen LogP contribution >= 0.6 is 12.2 Å². The lowest BCUT2D eigenvalue weighted by Crippen LogP contribution is -2.02. The molecule has 0 radical (unpaired) electrons. The van der Waals surface area contributed by atoms with Crippen LogP contribution in [0.4, 0.5) is 0 Å². The number of aryl methyl sites for hydroxylation is 3.